The Morgan fingerprint density at radius 2 is 1.55 bits per heavy atom. The van der Waals surface area contributed by atoms with Crippen LogP contribution in [0.25, 0.3) is 0 Å². The molecule has 0 radical (unpaired) electrons. The van der Waals surface area contributed by atoms with Crippen LogP contribution in [0.2, 0.25) is 0 Å². The van der Waals surface area contributed by atoms with Gasteiger partial charge in [0.2, 0.25) is 0 Å². The van der Waals surface area contributed by atoms with E-state index in [-0.39, 0.29) is 11.8 Å². The Morgan fingerprint density at radius 1 is 1.00 bits per heavy atom. The van der Waals surface area contributed by atoms with E-state index in [9.17, 15) is 17.2 Å². The number of hydrogen-bond donors (Lipinski definition) is 1. The molecule has 2 aromatic rings. The van der Waals surface area contributed by atoms with E-state index in [2.05, 4.69) is 4.72 Å². The molecule has 2 aromatic carbocycles. The van der Waals surface area contributed by atoms with Gasteiger partial charge in [-0.15, -0.1) is 0 Å². The van der Waals surface area contributed by atoms with Crippen molar-refractivity contribution in [2.75, 3.05) is 4.72 Å². The lowest BCUT2D eigenvalue weighted by Gasteiger charge is -2.11. The maximum atomic E-state index is 13.1. The largest absolute Gasteiger partial charge is 0.491 e. The molecule has 0 unspecified atom stereocenters. The first-order chi connectivity index (χ1) is 10.3. The number of ether oxygens (including phenoxy) is 1. The Labute approximate surface area is 127 Å². The summed E-state index contributed by atoms with van der Waals surface area (Å²) in [6.45, 7) is 3.74. The molecule has 0 spiro atoms. The van der Waals surface area contributed by atoms with Crippen molar-refractivity contribution in [3.8, 4) is 5.75 Å². The third-order valence-electron chi connectivity index (χ3n) is 2.62. The van der Waals surface area contributed by atoms with Crippen LogP contribution in [0.1, 0.15) is 13.8 Å². The van der Waals surface area contributed by atoms with E-state index in [1.54, 1.807) is 12.1 Å². The summed E-state index contributed by atoms with van der Waals surface area (Å²) in [5.41, 5.74) is 0.265. The number of sulfonamides is 1. The second-order valence-electron chi connectivity index (χ2n) is 4.90. The fourth-order valence-electron chi connectivity index (χ4n) is 1.77. The number of benzene rings is 2. The van der Waals surface area contributed by atoms with Gasteiger partial charge in [-0.3, -0.25) is 4.72 Å². The van der Waals surface area contributed by atoms with Crippen LogP contribution in [-0.2, 0) is 10.0 Å². The van der Waals surface area contributed by atoms with Gasteiger partial charge in [-0.25, -0.2) is 17.2 Å². The van der Waals surface area contributed by atoms with Crippen LogP contribution < -0.4 is 9.46 Å². The quantitative estimate of drug-likeness (QED) is 0.913. The van der Waals surface area contributed by atoms with Crippen LogP contribution >= 0.6 is 0 Å². The van der Waals surface area contributed by atoms with Gasteiger partial charge in [-0.05, 0) is 50.2 Å². The van der Waals surface area contributed by atoms with Gasteiger partial charge in [0.15, 0.2) is 0 Å². The van der Waals surface area contributed by atoms with E-state index in [4.69, 9.17) is 4.74 Å². The first kappa shape index (κ1) is 16.2. The zero-order valence-corrected chi connectivity index (χ0v) is 12.8. The van der Waals surface area contributed by atoms with Crippen molar-refractivity contribution >= 4 is 15.7 Å². The van der Waals surface area contributed by atoms with Crippen molar-refractivity contribution < 1.29 is 21.9 Å². The molecule has 0 atom stereocenters. The molecule has 0 fully saturated rings. The van der Waals surface area contributed by atoms with Crippen LogP contribution in [0.15, 0.2) is 47.4 Å². The van der Waals surface area contributed by atoms with Gasteiger partial charge in [0.25, 0.3) is 10.0 Å². The molecule has 0 saturated carbocycles. The first-order valence-electron chi connectivity index (χ1n) is 6.52. The number of hydrogen-bond acceptors (Lipinski definition) is 3. The van der Waals surface area contributed by atoms with Crippen LogP contribution in [0.3, 0.4) is 0 Å². The van der Waals surface area contributed by atoms with E-state index < -0.39 is 26.6 Å². The average molecular weight is 327 g/mol. The lowest BCUT2D eigenvalue weighted by Crippen LogP contribution is -2.13. The molecule has 0 amide bonds. The molecule has 0 aliphatic heterocycles. The van der Waals surface area contributed by atoms with Gasteiger partial charge in [0.05, 0.1) is 11.0 Å². The summed E-state index contributed by atoms with van der Waals surface area (Å²) in [6.07, 6.45) is -0.00203. The van der Waals surface area contributed by atoms with E-state index in [0.29, 0.717) is 11.8 Å². The molecule has 1 N–H and O–H groups in total. The normalized spacial score (nSPS) is 11.5. The molecule has 4 nitrogen and oxygen atoms in total. The molecule has 0 aromatic heterocycles. The zero-order chi connectivity index (χ0) is 16.3. The lowest BCUT2D eigenvalue weighted by molar-refractivity contribution is 0.242. The molecule has 118 valence electrons. The summed E-state index contributed by atoms with van der Waals surface area (Å²) < 4.78 is 58.1. The minimum Gasteiger partial charge on any atom is -0.491 e. The summed E-state index contributed by atoms with van der Waals surface area (Å²) in [6, 6.07) is 8.32. The molecule has 0 aliphatic carbocycles. The van der Waals surface area contributed by atoms with Gasteiger partial charge in [0, 0.05) is 11.8 Å². The average Bonchev–Trinajstić information content (AvgIpc) is 2.39. The van der Waals surface area contributed by atoms with Crippen LogP contribution in [0, 0.1) is 11.6 Å². The highest BCUT2D eigenvalue weighted by atomic mass is 32.2. The van der Waals surface area contributed by atoms with Crippen LogP contribution in [-0.4, -0.2) is 14.5 Å². The molecular weight excluding hydrogens is 312 g/mol. The fraction of sp³-hybridized carbons (Fsp3) is 0.200. The highest BCUT2D eigenvalue weighted by Gasteiger charge is 2.16. The summed E-state index contributed by atoms with van der Waals surface area (Å²) >= 11 is 0. The lowest BCUT2D eigenvalue weighted by atomic mass is 10.3. The summed E-state index contributed by atoms with van der Waals surface area (Å²) in [4.78, 5) is -0.479. The number of anilines is 1. The van der Waals surface area contributed by atoms with E-state index in [0.717, 1.165) is 12.1 Å². The second-order valence-corrected chi connectivity index (χ2v) is 6.58. The molecule has 7 heteroatoms. The Balaban J connectivity index is 2.21. The van der Waals surface area contributed by atoms with Gasteiger partial charge in [-0.2, -0.15) is 0 Å². The number of halogens is 2. The molecular formula is C15H15F2NO3S. The Bertz CT molecular complexity index is 739. The SMILES string of the molecule is CC(C)Oc1ccc(NS(=O)(=O)c2cc(F)cc(F)c2)cc1. The van der Waals surface area contributed by atoms with Gasteiger partial charge >= 0.3 is 0 Å². The molecule has 0 aliphatic rings. The first-order valence-corrected chi connectivity index (χ1v) is 8.00. The van der Waals surface area contributed by atoms with Gasteiger partial charge in [-0.1, -0.05) is 0 Å². The van der Waals surface area contributed by atoms with Crippen molar-refractivity contribution in [2.45, 2.75) is 24.8 Å². The minimum absolute atomic E-state index is 0.00203. The third kappa shape index (κ3) is 4.17. The summed E-state index contributed by atoms with van der Waals surface area (Å²) in [7, 11) is -4.07. The maximum absolute atomic E-state index is 13.1. The van der Waals surface area contributed by atoms with Crippen LogP contribution in [0.4, 0.5) is 14.5 Å². The highest BCUT2D eigenvalue weighted by Crippen LogP contribution is 2.21. The summed E-state index contributed by atoms with van der Waals surface area (Å²) in [5.74, 6) is -1.32. The Morgan fingerprint density at radius 3 is 2.05 bits per heavy atom. The zero-order valence-electron chi connectivity index (χ0n) is 12.0. The minimum atomic E-state index is -4.07. The fourth-order valence-corrected chi connectivity index (χ4v) is 2.87. The number of rotatable bonds is 5. The van der Waals surface area contributed by atoms with Crippen molar-refractivity contribution in [1.29, 1.82) is 0 Å². The topological polar surface area (TPSA) is 55.4 Å². The highest BCUT2D eigenvalue weighted by molar-refractivity contribution is 7.92. The van der Waals surface area contributed by atoms with Crippen molar-refractivity contribution in [1.82, 2.24) is 0 Å². The molecule has 22 heavy (non-hydrogen) atoms. The standard InChI is InChI=1S/C15H15F2NO3S/c1-10(2)21-14-5-3-13(4-6-14)18-22(19,20)15-8-11(16)7-12(17)9-15/h3-10,18H,1-2H3. The smallest absolute Gasteiger partial charge is 0.262 e. The molecule has 0 saturated heterocycles. The van der Waals surface area contributed by atoms with Crippen LogP contribution in [0.5, 0.6) is 5.75 Å². The monoisotopic (exact) mass is 327 g/mol. The van der Waals surface area contributed by atoms with Crippen molar-refractivity contribution in [2.24, 2.45) is 0 Å². The van der Waals surface area contributed by atoms with Gasteiger partial charge in [0.1, 0.15) is 17.4 Å². The molecule has 0 bridgehead atoms. The Hall–Kier alpha value is -2.15. The van der Waals surface area contributed by atoms with Crippen molar-refractivity contribution in [3.05, 3.63) is 54.1 Å². The van der Waals surface area contributed by atoms with Crippen molar-refractivity contribution in [3.63, 3.8) is 0 Å². The predicted octanol–water partition coefficient (Wildman–Crippen LogP) is 3.55. The summed E-state index contributed by atoms with van der Waals surface area (Å²) in [5, 5.41) is 0. The van der Waals surface area contributed by atoms with E-state index in [1.807, 2.05) is 13.8 Å². The second kappa shape index (κ2) is 6.31. The molecule has 0 heterocycles. The van der Waals surface area contributed by atoms with E-state index in [1.165, 1.54) is 12.1 Å². The predicted molar refractivity (Wildman–Crippen MR) is 79.4 cm³/mol. The maximum Gasteiger partial charge on any atom is 0.262 e. The third-order valence-corrected chi connectivity index (χ3v) is 3.99. The van der Waals surface area contributed by atoms with Gasteiger partial charge < -0.3 is 4.74 Å². The Kier molecular flexibility index (Phi) is 4.65. The number of nitrogens with one attached hydrogen (secondary N) is 1. The van der Waals surface area contributed by atoms with E-state index >= 15 is 0 Å². The molecule has 2 rings (SSSR count).